The van der Waals surface area contributed by atoms with Gasteiger partial charge < -0.3 is 5.11 Å². The maximum atomic E-state index is 10.5. The molecule has 0 aromatic carbocycles. The van der Waals surface area contributed by atoms with Crippen LogP contribution < -0.4 is 0 Å². The minimum Gasteiger partial charge on any atom is -0.481 e. The molecular weight excluding hydrogens is 250 g/mol. The van der Waals surface area contributed by atoms with Crippen LogP contribution in [0, 0.1) is 11.3 Å². The molecule has 6 heteroatoms. The Kier molecular flexibility index (Phi) is 5.59. The molecule has 0 aliphatic carbocycles. The standard InChI is InChI=1S/C12H15N3O2S/c1-3-8-9(7-13)12(15-14-10(8)4-2)18-6-5-11(16)17/h3-6H2,1-2H3,(H,16,17). The molecule has 0 bridgehead atoms. The second-order valence-electron chi connectivity index (χ2n) is 3.62. The third kappa shape index (κ3) is 3.44. The second kappa shape index (κ2) is 6.97. The summed E-state index contributed by atoms with van der Waals surface area (Å²) in [6, 6.07) is 2.16. The minimum absolute atomic E-state index is 0.0498. The van der Waals surface area contributed by atoms with E-state index in [1.54, 1.807) is 0 Å². The van der Waals surface area contributed by atoms with Crippen LogP contribution in [-0.2, 0) is 17.6 Å². The maximum Gasteiger partial charge on any atom is 0.304 e. The largest absolute Gasteiger partial charge is 0.481 e. The summed E-state index contributed by atoms with van der Waals surface area (Å²) in [5.74, 6) is -0.456. The topological polar surface area (TPSA) is 86.9 Å². The van der Waals surface area contributed by atoms with Crippen molar-refractivity contribution in [1.29, 1.82) is 5.26 Å². The van der Waals surface area contributed by atoms with Gasteiger partial charge >= 0.3 is 5.97 Å². The van der Waals surface area contributed by atoms with E-state index in [4.69, 9.17) is 5.11 Å². The van der Waals surface area contributed by atoms with E-state index in [1.165, 1.54) is 11.8 Å². The number of carbonyl (C=O) groups is 1. The Morgan fingerprint density at radius 3 is 2.61 bits per heavy atom. The molecule has 0 saturated carbocycles. The van der Waals surface area contributed by atoms with E-state index in [0.29, 0.717) is 16.3 Å². The van der Waals surface area contributed by atoms with Gasteiger partial charge in [-0.15, -0.1) is 16.9 Å². The van der Waals surface area contributed by atoms with Crippen molar-refractivity contribution in [3.05, 3.63) is 16.8 Å². The highest BCUT2D eigenvalue weighted by Gasteiger charge is 2.14. The Bertz CT molecular complexity index is 483. The number of hydrogen-bond acceptors (Lipinski definition) is 5. The van der Waals surface area contributed by atoms with Gasteiger partial charge in [0, 0.05) is 5.75 Å². The number of nitriles is 1. The van der Waals surface area contributed by atoms with Crippen molar-refractivity contribution in [2.45, 2.75) is 38.1 Å². The van der Waals surface area contributed by atoms with Gasteiger partial charge in [0.2, 0.25) is 0 Å². The van der Waals surface area contributed by atoms with Crippen LogP contribution in [0.3, 0.4) is 0 Å². The van der Waals surface area contributed by atoms with Crippen molar-refractivity contribution in [3.8, 4) is 6.07 Å². The van der Waals surface area contributed by atoms with Gasteiger partial charge in [-0.25, -0.2) is 0 Å². The van der Waals surface area contributed by atoms with Crippen LogP contribution in [0.15, 0.2) is 5.03 Å². The number of rotatable bonds is 6. The van der Waals surface area contributed by atoms with Gasteiger partial charge in [-0.1, -0.05) is 13.8 Å². The molecule has 18 heavy (non-hydrogen) atoms. The Hall–Kier alpha value is -1.61. The lowest BCUT2D eigenvalue weighted by Crippen LogP contribution is -2.05. The van der Waals surface area contributed by atoms with E-state index in [-0.39, 0.29) is 6.42 Å². The van der Waals surface area contributed by atoms with Crippen LogP contribution in [0.4, 0.5) is 0 Å². The summed E-state index contributed by atoms with van der Waals surface area (Å²) in [5, 5.41) is 26.5. The van der Waals surface area contributed by atoms with Crippen LogP contribution in [0.2, 0.25) is 0 Å². The van der Waals surface area contributed by atoms with E-state index in [0.717, 1.165) is 24.1 Å². The maximum absolute atomic E-state index is 10.5. The van der Waals surface area contributed by atoms with Crippen molar-refractivity contribution in [3.63, 3.8) is 0 Å². The number of aromatic nitrogens is 2. The Labute approximate surface area is 110 Å². The second-order valence-corrected chi connectivity index (χ2v) is 4.70. The van der Waals surface area contributed by atoms with Crippen LogP contribution in [0.5, 0.6) is 0 Å². The lowest BCUT2D eigenvalue weighted by atomic mass is 10.1. The summed E-state index contributed by atoms with van der Waals surface area (Å²) in [6.45, 7) is 3.95. The smallest absolute Gasteiger partial charge is 0.304 e. The van der Waals surface area contributed by atoms with Crippen LogP contribution >= 0.6 is 11.8 Å². The SMILES string of the molecule is CCc1nnc(SCCC(=O)O)c(C#N)c1CC. The van der Waals surface area contributed by atoms with Crippen LogP contribution in [0.1, 0.15) is 37.1 Å². The minimum atomic E-state index is -0.852. The first-order chi connectivity index (χ1) is 8.63. The zero-order valence-corrected chi connectivity index (χ0v) is 11.3. The molecule has 0 amide bonds. The first kappa shape index (κ1) is 14.5. The van der Waals surface area contributed by atoms with Crippen molar-refractivity contribution < 1.29 is 9.90 Å². The molecule has 0 aliphatic rings. The lowest BCUT2D eigenvalue weighted by molar-refractivity contribution is -0.136. The molecule has 1 rings (SSSR count). The lowest BCUT2D eigenvalue weighted by Gasteiger charge is -2.09. The summed E-state index contributed by atoms with van der Waals surface area (Å²) in [6.07, 6.45) is 1.52. The molecule has 96 valence electrons. The number of aliphatic carboxylic acids is 1. The molecule has 0 saturated heterocycles. The first-order valence-corrected chi connectivity index (χ1v) is 6.75. The van der Waals surface area contributed by atoms with Crippen molar-refractivity contribution >= 4 is 17.7 Å². The van der Waals surface area contributed by atoms with E-state index >= 15 is 0 Å². The van der Waals surface area contributed by atoms with E-state index in [9.17, 15) is 10.1 Å². The average Bonchev–Trinajstić information content (AvgIpc) is 2.37. The average molecular weight is 265 g/mol. The van der Waals surface area contributed by atoms with Gasteiger partial charge in [0.15, 0.2) is 0 Å². The summed E-state index contributed by atoms with van der Waals surface area (Å²) in [4.78, 5) is 10.5. The molecule has 0 spiro atoms. The highest BCUT2D eigenvalue weighted by atomic mass is 32.2. The Morgan fingerprint density at radius 1 is 1.39 bits per heavy atom. The molecule has 0 fully saturated rings. The number of carboxylic acid groups (broad SMARTS) is 1. The quantitative estimate of drug-likeness (QED) is 0.792. The summed E-state index contributed by atoms with van der Waals surface area (Å²) in [7, 11) is 0. The van der Waals surface area contributed by atoms with Gasteiger partial charge in [0.1, 0.15) is 11.1 Å². The fraction of sp³-hybridized carbons (Fsp3) is 0.500. The summed E-state index contributed by atoms with van der Waals surface area (Å²) >= 11 is 1.27. The number of thioether (sulfide) groups is 1. The highest BCUT2D eigenvalue weighted by Crippen LogP contribution is 2.24. The van der Waals surface area contributed by atoms with Gasteiger partial charge in [0.25, 0.3) is 0 Å². The third-order valence-electron chi connectivity index (χ3n) is 2.48. The summed E-state index contributed by atoms with van der Waals surface area (Å²) < 4.78 is 0. The van der Waals surface area contributed by atoms with E-state index in [2.05, 4.69) is 16.3 Å². The van der Waals surface area contributed by atoms with Crippen LogP contribution in [0.25, 0.3) is 0 Å². The van der Waals surface area contributed by atoms with Crippen molar-refractivity contribution in [1.82, 2.24) is 10.2 Å². The molecule has 0 atom stereocenters. The predicted molar refractivity (Wildman–Crippen MR) is 68.5 cm³/mol. The predicted octanol–water partition coefficient (Wildman–Crippen LogP) is 2.04. The number of aryl methyl sites for hydroxylation is 1. The highest BCUT2D eigenvalue weighted by molar-refractivity contribution is 7.99. The first-order valence-electron chi connectivity index (χ1n) is 5.77. The third-order valence-corrected chi connectivity index (χ3v) is 3.45. The molecule has 0 aliphatic heterocycles. The van der Waals surface area contributed by atoms with Gasteiger partial charge in [-0.3, -0.25) is 4.79 Å². The molecule has 1 aromatic heterocycles. The monoisotopic (exact) mass is 265 g/mol. The van der Waals surface area contributed by atoms with Crippen molar-refractivity contribution in [2.75, 3.05) is 5.75 Å². The van der Waals surface area contributed by atoms with Crippen LogP contribution in [-0.4, -0.2) is 27.0 Å². The van der Waals surface area contributed by atoms with E-state index < -0.39 is 5.97 Å². The fourth-order valence-corrected chi connectivity index (χ4v) is 2.49. The normalized spacial score (nSPS) is 10.1. The zero-order chi connectivity index (χ0) is 13.5. The van der Waals surface area contributed by atoms with Gasteiger partial charge in [0.05, 0.1) is 17.7 Å². The molecule has 1 heterocycles. The number of hydrogen-bond donors (Lipinski definition) is 1. The van der Waals surface area contributed by atoms with E-state index in [1.807, 2.05) is 13.8 Å². The molecule has 0 unspecified atom stereocenters. The Morgan fingerprint density at radius 2 is 2.11 bits per heavy atom. The number of carboxylic acids is 1. The zero-order valence-electron chi connectivity index (χ0n) is 10.4. The van der Waals surface area contributed by atoms with Gasteiger partial charge in [-0.05, 0) is 18.4 Å². The molecular formula is C12H15N3O2S. The molecule has 1 N–H and O–H groups in total. The summed E-state index contributed by atoms with van der Waals surface area (Å²) in [5.41, 5.74) is 2.31. The fourth-order valence-electron chi connectivity index (χ4n) is 1.61. The molecule has 0 radical (unpaired) electrons. The van der Waals surface area contributed by atoms with Crippen molar-refractivity contribution in [2.24, 2.45) is 0 Å². The van der Waals surface area contributed by atoms with Gasteiger partial charge in [-0.2, -0.15) is 10.4 Å². The number of nitrogens with zero attached hydrogens (tertiary/aromatic N) is 3. The molecule has 5 nitrogen and oxygen atoms in total. The molecule has 1 aromatic rings. The Balaban J connectivity index is 2.99.